The molecular weight excluding hydrogens is 308 g/mol. The van der Waals surface area contributed by atoms with Gasteiger partial charge in [-0.1, -0.05) is 23.7 Å². The van der Waals surface area contributed by atoms with Crippen molar-refractivity contribution in [2.75, 3.05) is 7.11 Å². The number of amides is 1. The number of hydrazone groups is 1. The average molecular weight is 321 g/mol. The van der Waals surface area contributed by atoms with E-state index in [-0.39, 0.29) is 28.4 Å². The van der Waals surface area contributed by atoms with Crippen LogP contribution in [0.1, 0.15) is 15.9 Å². The first-order valence-electron chi connectivity index (χ1n) is 6.21. The second kappa shape index (κ2) is 6.82. The number of nitrogens with one attached hydrogen (secondary N) is 1. The summed E-state index contributed by atoms with van der Waals surface area (Å²) in [6.07, 6.45) is 1.22. The number of ether oxygens (including phenoxy) is 1. The number of halogens is 1. The molecular formula is C15H13ClN2O4. The molecule has 7 heteroatoms. The van der Waals surface area contributed by atoms with E-state index in [4.69, 9.17) is 16.3 Å². The highest BCUT2D eigenvalue weighted by Gasteiger charge is 2.10. The fourth-order valence-corrected chi connectivity index (χ4v) is 1.95. The number of hydrogen-bond donors (Lipinski definition) is 3. The number of aromatic hydroxyl groups is 2. The van der Waals surface area contributed by atoms with Crippen LogP contribution in [-0.4, -0.2) is 29.4 Å². The second-order valence-corrected chi connectivity index (χ2v) is 4.70. The van der Waals surface area contributed by atoms with Gasteiger partial charge in [-0.3, -0.25) is 4.79 Å². The van der Waals surface area contributed by atoms with Gasteiger partial charge in [0.15, 0.2) is 11.5 Å². The molecule has 2 aromatic rings. The number of methoxy groups -OCH3 is 1. The number of carbonyl (C=O) groups is 1. The summed E-state index contributed by atoms with van der Waals surface area (Å²) >= 11 is 5.89. The Labute approximate surface area is 131 Å². The molecule has 0 saturated carbocycles. The molecule has 3 N–H and O–H groups in total. The maximum atomic E-state index is 11.8. The summed E-state index contributed by atoms with van der Waals surface area (Å²) in [6.45, 7) is 0. The van der Waals surface area contributed by atoms with Gasteiger partial charge in [-0.05, 0) is 18.2 Å². The van der Waals surface area contributed by atoms with E-state index in [1.165, 1.54) is 37.6 Å². The Morgan fingerprint density at radius 2 is 2.05 bits per heavy atom. The number of para-hydroxylation sites is 1. The predicted octanol–water partition coefficient (Wildman–Crippen LogP) is 2.52. The maximum Gasteiger partial charge on any atom is 0.275 e. The zero-order valence-corrected chi connectivity index (χ0v) is 12.3. The van der Waals surface area contributed by atoms with Crippen molar-refractivity contribution in [3.63, 3.8) is 0 Å². The quantitative estimate of drug-likeness (QED) is 0.596. The smallest absolute Gasteiger partial charge is 0.275 e. The number of phenols is 2. The number of hydrogen-bond acceptors (Lipinski definition) is 5. The van der Waals surface area contributed by atoms with Crippen molar-refractivity contribution in [3.8, 4) is 17.2 Å². The van der Waals surface area contributed by atoms with Gasteiger partial charge < -0.3 is 14.9 Å². The van der Waals surface area contributed by atoms with Crippen molar-refractivity contribution in [2.45, 2.75) is 0 Å². The summed E-state index contributed by atoms with van der Waals surface area (Å²) in [5.41, 5.74) is 2.62. The first kappa shape index (κ1) is 15.7. The molecule has 6 nitrogen and oxygen atoms in total. The van der Waals surface area contributed by atoms with Gasteiger partial charge in [-0.2, -0.15) is 5.10 Å². The molecule has 0 unspecified atom stereocenters. The van der Waals surface area contributed by atoms with Crippen molar-refractivity contribution >= 4 is 23.7 Å². The molecule has 0 aromatic heterocycles. The van der Waals surface area contributed by atoms with Crippen LogP contribution in [0.5, 0.6) is 17.2 Å². The van der Waals surface area contributed by atoms with E-state index < -0.39 is 5.91 Å². The minimum absolute atomic E-state index is 0.0903. The third-order valence-electron chi connectivity index (χ3n) is 2.81. The third kappa shape index (κ3) is 3.48. The van der Waals surface area contributed by atoms with Crippen molar-refractivity contribution in [2.24, 2.45) is 5.10 Å². The normalized spacial score (nSPS) is 10.6. The van der Waals surface area contributed by atoms with E-state index in [1.807, 2.05) is 0 Å². The maximum absolute atomic E-state index is 11.8. The molecule has 0 aliphatic heterocycles. The van der Waals surface area contributed by atoms with Crippen molar-refractivity contribution < 1.29 is 19.7 Å². The van der Waals surface area contributed by atoms with E-state index in [9.17, 15) is 15.0 Å². The monoisotopic (exact) mass is 320 g/mol. The van der Waals surface area contributed by atoms with E-state index >= 15 is 0 Å². The molecule has 2 aromatic carbocycles. The zero-order chi connectivity index (χ0) is 16.1. The zero-order valence-electron chi connectivity index (χ0n) is 11.6. The van der Waals surface area contributed by atoms with Gasteiger partial charge >= 0.3 is 0 Å². The van der Waals surface area contributed by atoms with Gasteiger partial charge in [-0.25, -0.2) is 5.43 Å². The Morgan fingerprint density at radius 3 is 2.73 bits per heavy atom. The first-order chi connectivity index (χ1) is 10.5. The van der Waals surface area contributed by atoms with Crippen LogP contribution >= 0.6 is 11.6 Å². The summed E-state index contributed by atoms with van der Waals surface area (Å²) in [6, 6.07) is 8.99. The Kier molecular flexibility index (Phi) is 4.85. The van der Waals surface area contributed by atoms with Crippen LogP contribution in [-0.2, 0) is 0 Å². The first-order valence-corrected chi connectivity index (χ1v) is 6.58. The molecule has 0 radical (unpaired) electrons. The van der Waals surface area contributed by atoms with Crippen LogP contribution in [0.25, 0.3) is 0 Å². The van der Waals surface area contributed by atoms with Crippen LogP contribution < -0.4 is 10.2 Å². The number of carbonyl (C=O) groups excluding carboxylic acids is 1. The van der Waals surface area contributed by atoms with E-state index in [2.05, 4.69) is 10.5 Å². The Morgan fingerprint density at radius 1 is 1.32 bits per heavy atom. The lowest BCUT2D eigenvalue weighted by Gasteiger charge is -2.06. The summed E-state index contributed by atoms with van der Waals surface area (Å²) in [5.74, 6) is -0.682. The molecule has 2 rings (SSSR count). The van der Waals surface area contributed by atoms with Gasteiger partial charge in [0.2, 0.25) is 0 Å². The number of benzene rings is 2. The topological polar surface area (TPSA) is 91.2 Å². The molecule has 0 heterocycles. The summed E-state index contributed by atoms with van der Waals surface area (Å²) in [4.78, 5) is 11.8. The van der Waals surface area contributed by atoms with E-state index in [0.29, 0.717) is 5.02 Å². The van der Waals surface area contributed by atoms with Gasteiger partial charge in [0.05, 0.1) is 18.9 Å². The lowest BCUT2D eigenvalue weighted by Crippen LogP contribution is -2.17. The fraction of sp³-hybridized carbons (Fsp3) is 0.0667. The molecule has 0 atom stereocenters. The SMILES string of the molecule is COc1cc(Cl)cc(C=NNC(=O)c2ccccc2O)c1O. The lowest BCUT2D eigenvalue weighted by atomic mass is 10.2. The van der Waals surface area contributed by atoms with Crippen LogP contribution in [0, 0.1) is 0 Å². The molecule has 0 saturated heterocycles. The Bertz CT molecular complexity index is 731. The summed E-state index contributed by atoms with van der Waals surface area (Å²) < 4.78 is 4.96. The highest BCUT2D eigenvalue weighted by atomic mass is 35.5. The number of phenolic OH excluding ortho intramolecular Hbond substituents is 2. The van der Waals surface area contributed by atoms with Crippen molar-refractivity contribution in [1.29, 1.82) is 0 Å². The van der Waals surface area contributed by atoms with Crippen LogP contribution in [0.3, 0.4) is 0 Å². The molecule has 0 bridgehead atoms. The van der Waals surface area contributed by atoms with Crippen LogP contribution in [0.2, 0.25) is 5.02 Å². The van der Waals surface area contributed by atoms with Gasteiger partial charge in [-0.15, -0.1) is 0 Å². The summed E-state index contributed by atoms with van der Waals surface area (Å²) in [5, 5.41) is 23.5. The summed E-state index contributed by atoms with van der Waals surface area (Å²) in [7, 11) is 1.40. The van der Waals surface area contributed by atoms with E-state index in [0.717, 1.165) is 0 Å². The van der Waals surface area contributed by atoms with Crippen LogP contribution in [0.15, 0.2) is 41.5 Å². The standard InChI is InChI=1S/C15H13ClN2O4/c1-22-13-7-10(16)6-9(14(13)20)8-17-18-15(21)11-4-2-3-5-12(11)19/h2-8,19-20H,1H3,(H,18,21). The number of rotatable bonds is 4. The largest absolute Gasteiger partial charge is 0.507 e. The Hall–Kier alpha value is -2.73. The fourth-order valence-electron chi connectivity index (χ4n) is 1.73. The highest BCUT2D eigenvalue weighted by Crippen LogP contribution is 2.32. The Balaban J connectivity index is 2.15. The molecule has 22 heavy (non-hydrogen) atoms. The third-order valence-corrected chi connectivity index (χ3v) is 3.03. The van der Waals surface area contributed by atoms with Crippen molar-refractivity contribution in [3.05, 3.63) is 52.5 Å². The average Bonchev–Trinajstić information content (AvgIpc) is 2.50. The number of nitrogens with zero attached hydrogens (tertiary/aromatic N) is 1. The minimum Gasteiger partial charge on any atom is -0.507 e. The predicted molar refractivity (Wildman–Crippen MR) is 82.8 cm³/mol. The van der Waals surface area contributed by atoms with Crippen molar-refractivity contribution in [1.82, 2.24) is 5.43 Å². The molecule has 0 spiro atoms. The van der Waals surface area contributed by atoms with E-state index in [1.54, 1.807) is 12.1 Å². The van der Waals surface area contributed by atoms with Gasteiger partial charge in [0.25, 0.3) is 5.91 Å². The minimum atomic E-state index is -0.581. The second-order valence-electron chi connectivity index (χ2n) is 4.26. The molecule has 1 amide bonds. The lowest BCUT2D eigenvalue weighted by molar-refractivity contribution is 0.0952. The van der Waals surface area contributed by atoms with Gasteiger partial charge in [0.1, 0.15) is 5.75 Å². The molecule has 0 aliphatic rings. The molecule has 0 aliphatic carbocycles. The van der Waals surface area contributed by atoms with Crippen LogP contribution in [0.4, 0.5) is 0 Å². The molecule has 114 valence electrons. The van der Waals surface area contributed by atoms with Gasteiger partial charge in [0, 0.05) is 16.7 Å². The highest BCUT2D eigenvalue weighted by molar-refractivity contribution is 6.31. The molecule has 0 fully saturated rings.